The second-order valence-electron chi connectivity index (χ2n) is 4.16. The van der Waals surface area contributed by atoms with Crippen LogP contribution in [0.3, 0.4) is 0 Å². The minimum absolute atomic E-state index is 1.16. The fourth-order valence-corrected chi connectivity index (χ4v) is 2.40. The molecular formula is C12H24Cl2Si. The van der Waals surface area contributed by atoms with E-state index >= 15 is 0 Å². The zero-order valence-corrected chi connectivity index (χ0v) is 12.7. The Hall–Kier alpha value is 0.537. The maximum atomic E-state index is 5.86. The lowest BCUT2D eigenvalue weighted by Crippen LogP contribution is -1.94. The predicted molar refractivity (Wildman–Crippen MR) is 75.2 cm³/mol. The summed E-state index contributed by atoms with van der Waals surface area (Å²) in [4.78, 5) is 0. The Labute approximate surface area is 106 Å². The highest BCUT2D eigenvalue weighted by Crippen LogP contribution is 2.12. The highest BCUT2D eigenvalue weighted by atomic mass is 35.7. The number of hydrogen-bond acceptors (Lipinski definition) is 0. The summed E-state index contributed by atoms with van der Waals surface area (Å²) in [5.74, 6) is 0. The van der Waals surface area contributed by atoms with Crippen LogP contribution in [0.25, 0.3) is 0 Å². The van der Waals surface area contributed by atoms with Crippen LogP contribution in [0.5, 0.6) is 0 Å². The summed E-state index contributed by atoms with van der Waals surface area (Å²) in [7, 11) is -1.53. The van der Waals surface area contributed by atoms with E-state index in [4.69, 9.17) is 22.2 Å². The van der Waals surface area contributed by atoms with E-state index < -0.39 is 7.42 Å². The summed E-state index contributed by atoms with van der Waals surface area (Å²) in [6, 6.07) is 0. The van der Waals surface area contributed by atoms with E-state index in [1.807, 2.05) is 0 Å². The first-order chi connectivity index (χ1) is 7.18. The molecule has 0 saturated heterocycles. The van der Waals surface area contributed by atoms with Gasteiger partial charge in [-0.2, -0.15) is 0 Å². The van der Waals surface area contributed by atoms with Crippen LogP contribution in [0.1, 0.15) is 65.2 Å². The highest BCUT2D eigenvalue weighted by molar-refractivity contribution is 7.36. The molecule has 15 heavy (non-hydrogen) atoms. The van der Waals surface area contributed by atoms with E-state index in [-0.39, 0.29) is 0 Å². The Morgan fingerprint density at radius 3 is 2.07 bits per heavy atom. The molecule has 90 valence electrons. The van der Waals surface area contributed by atoms with E-state index in [2.05, 4.69) is 19.9 Å². The molecule has 0 unspecified atom stereocenters. The summed E-state index contributed by atoms with van der Waals surface area (Å²) in [5.41, 5.74) is 0. The summed E-state index contributed by atoms with van der Waals surface area (Å²) in [6.07, 6.45) is 12.9. The fraction of sp³-hybridized carbons (Fsp3) is 0.833. The fourth-order valence-electron chi connectivity index (χ4n) is 1.52. The zero-order valence-electron chi connectivity index (χ0n) is 10.1. The molecule has 0 aromatic heterocycles. The molecule has 0 bridgehead atoms. The first kappa shape index (κ1) is 15.5. The van der Waals surface area contributed by atoms with E-state index in [1.54, 1.807) is 0 Å². The van der Waals surface area contributed by atoms with Gasteiger partial charge in [0.25, 0.3) is 7.42 Å². The van der Waals surface area contributed by atoms with Crippen LogP contribution in [-0.4, -0.2) is 7.42 Å². The molecule has 0 amide bonds. The van der Waals surface area contributed by atoms with Gasteiger partial charge in [0.05, 0.1) is 0 Å². The van der Waals surface area contributed by atoms with Crippen molar-refractivity contribution in [1.82, 2.24) is 0 Å². The van der Waals surface area contributed by atoms with Gasteiger partial charge in [0, 0.05) is 0 Å². The SMILES string of the molecule is CCCCCCCCCC=C(C)[SiH](Cl)Cl. The average molecular weight is 267 g/mol. The molecule has 0 aromatic rings. The second kappa shape index (κ2) is 11.0. The zero-order chi connectivity index (χ0) is 11.5. The van der Waals surface area contributed by atoms with E-state index in [1.165, 1.54) is 50.1 Å². The van der Waals surface area contributed by atoms with Gasteiger partial charge in [-0.3, -0.25) is 0 Å². The Balaban J connectivity index is 3.21. The van der Waals surface area contributed by atoms with Crippen LogP contribution in [0.2, 0.25) is 0 Å². The molecule has 0 N–H and O–H groups in total. The van der Waals surface area contributed by atoms with Gasteiger partial charge in [0.1, 0.15) is 0 Å². The molecule has 0 nitrogen and oxygen atoms in total. The minimum Gasteiger partial charge on any atom is -0.145 e. The molecule has 0 rings (SSSR count). The van der Waals surface area contributed by atoms with Crippen molar-refractivity contribution in [3.8, 4) is 0 Å². The van der Waals surface area contributed by atoms with Gasteiger partial charge in [0.2, 0.25) is 0 Å². The van der Waals surface area contributed by atoms with Gasteiger partial charge in [-0.1, -0.05) is 56.7 Å². The topological polar surface area (TPSA) is 0 Å². The first-order valence-corrected chi connectivity index (χ1v) is 10.2. The Morgan fingerprint density at radius 1 is 1.00 bits per heavy atom. The number of allylic oxidation sites excluding steroid dienone is 2. The van der Waals surface area contributed by atoms with Gasteiger partial charge in [-0.05, 0) is 19.8 Å². The number of halogens is 2. The molecule has 0 aliphatic rings. The van der Waals surface area contributed by atoms with E-state index in [0.29, 0.717) is 0 Å². The molecule has 0 aromatic carbocycles. The van der Waals surface area contributed by atoms with Crippen LogP contribution in [-0.2, 0) is 0 Å². The molecule has 0 spiro atoms. The smallest absolute Gasteiger partial charge is 0.145 e. The van der Waals surface area contributed by atoms with Crippen molar-refractivity contribution in [3.63, 3.8) is 0 Å². The van der Waals surface area contributed by atoms with Crippen LogP contribution < -0.4 is 0 Å². The molecule has 0 saturated carbocycles. The number of hydrogen-bond donors (Lipinski definition) is 0. The first-order valence-electron chi connectivity index (χ1n) is 6.13. The quantitative estimate of drug-likeness (QED) is 0.301. The third-order valence-electron chi connectivity index (χ3n) is 2.62. The van der Waals surface area contributed by atoms with Gasteiger partial charge < -0.3 is 0 Å². The molecule has 0 radical (unpaired) electrons. The van der Waals surface area contributed by atoms with Crippen molar-refractivity contribution in [2.45, 2.75) is 65.2 Å². The van der Waals surface area contributed by atoms with Gasteiger partial charge in [-0.15, -0.1) is 22.2 Å². The van der Waals surface area contributed by atoms with Crippen LogP contribution in [0, 0.1) is 0 Å². The Morgan fingerprint density at radius 2 is 1.53 bits per heavy atom. The monoisotopic (exact) mass is 266 g/mol. The summed E-state index contributed by atoms with van der Waals surface area (Å²) < 4.78 is 0. The van der Waals surface area contributed by atoms with Crippen molar-refractivity contribution in [2.75, 3.05) is 0 Å². The second-order valence-corrected chi connectivity index (χ2v) is 8.96. The Kier molecular flexibility index (Phi) is 11.4. The molecule has 0 atom stereocenters. The van der Waals surface area contributed by atoms with Crippen molar-refractivity contribution in [2.24, 2.45) is 0 Å². The van der Waals surface area contributed by atoms with E-state index in [0.717, 1.165) is 6.42 Å². The summed E-state index contributed by atoms with van der Waals surface area (Å²) in [5, 5.41) is 1.23. The van der Waals surface area contributed by atoms with Crippen LogP contribution in [0.15, 0.2) is 11.3 Å². The normalized spacial score (nSPS) is 12.5. The van der Waals surface area contributed by atoms with Gasteiger partial charge in [-0.25, -0.2) is 0 Å². The minimum atomic E-state index is -1.53. The standard InChI is InChI=1S/C12H24Cl2Si/c1-3-4-5-6-7-8-9-10-11-12(2)15(13)14/h11,15H,3-10H2,1-2H3. The Bertz CT molecular complexity index is 167. The molecular weight excluding hydrogens is 243 g/mol. The van der Waals surface area contributed by atoms with Crippen molar-refractivity contribution in [1.29, 1.82) is 0 Å². The van der Waals surface area contributed by atoms with Gasteiger partial charge in [0.15, 0.2) is 0 Å². The third-order valence-corrected chi connectivity index (χ3v) is 5.61. The van der Waals surface area contributed by atoms with Crippen LogP contribution in [0.4, 0.5) is 0 Å². The summed E-state index contributed by atoms with van der Waals surface area (Å²) >= 11 is 11.7. The largest absolute Gasteiger partial charge is 0.262 e. The van der Waals surface area contributed by atoms with Crippen molar-refractivity contribution < 1.29 is 0 Å². The lowest BCUT2D eigenvalue weighted by Gasteiger charge is -2.01. The van der Waals surface area contributed by atoms with Crippen molar-refractivity contribution >= 4 is 29.6 Å². The van der Waals surface area contributed by atoms with Crippen LogP contribution >= 0.6 is 22.2 Å². The molecule has 0 heterocycles. The molecule has 3 heteroatoms. The molecule has 0 aliphatic carbocycles. The number of rotatable bonds is 9. The third kappa shape index (κ3) is 10.8. The summed E-state index contributed by atoms with van der Waals surface area (Å²) in [6.45, 7) is 4.31. The maximum absolute atomic E-state index is 5.86. The maximum Gasteiger partial charge on any atom is 0.262 e. The predicted octanol–water partition coefficient (Wildman–Crippen LogP) is 5.31. The van der Waals surface area contributed by atoms with E-state index in [9.17, 15) is 0 Å². The highest BCUT2D eigenvalue weighted by Gasteiger charge is 2.02. The average Bonchev–Trinajstić information content (AvgIpc) is 2.21. The molecule has 0 fully saturated rings. The van der Waals surface area contributed by atoms with Gasteiger partial charge >= 0.3 is 0 Å². The van der Waals surface area contributed by atoms with Crippen molar-refractivity contribution in [3.05, 3.63) is 11.3 Å². The number of unbranched alkanes of at least 4 members (excludes halogenated alkanes) is 7. The molecule has 0 aliphatic heterocycles. The lowest BCUT2D eigenvalue weighted by molar-refractivity contribution is 0.592. The lowest BCUT2D eigenvalue weighted by atomic mass is 10.1.